The third-order valence-corrected chi connectivity index (χ3v) is 1.00. The Kier molecular flexibility index (Phi) is 7.62. The summed E-state index contributed by atoms with van der Waals surface area (Å²) in [7, 11) is 0. The molecule has 0 aliphatic rings. The minimum atomic E-state index is -0.841. The Labute approximate surface area is 70.5 Å². The molecule has 0 bridgehead atoms. The predicted molar refractivity (Wildman–Crippen MR) is 40.3 cm³/mol. The molecule has 0 heterocycles. The molecule has 0 radical (unpaired) electrons. The first-order chi connectivity index (χ1) is 5.77. The molecule has 6 heteroatoms. The van der Waals surface area contributed by atoms with Crippen LogP contribution in [-0.2, 0) is 14.3 Å². The highest BCUT2D eigenvalue weighted by Crippen LogP contribution is 1.80. The lowest BCUT2D eigenvalue weighted by molar-refractivity contribution is -0.758. The molecule has 12 heavy (non-hydrogen) atoms. The Morgan fingerprint density at radius 2 is 1.75 bits per heavy atom. The largest absolute Gasteiger partial charge is 0.379 e. The van der Waals surface area contributed by atoms with Crippen LogP contribution >= 0.6 is 0 Å². The summed E-state index contributed by atoms with van der Waals surface area (Å²) < 4.78 is 9.89. The standard InChI is InChI=1S/C6H13NO5/c1-2-10-3-4-11-5-6-12-7(8)9/h2-6H2,1H3. The maximum Gasteiger partial charge on any atom is 0.294 e. The molecule has 0 unspecified atom stereocenters. The summed E-state index contributed by atoms with van der Waals surface area (Å²) in [4.78, 5) is 13.6. The molecule has 0 fully saturated rings. The summed E-state index contributed by atoms with van der Waals surface area (Å²) in [6, 6.07) is 0. The SMILES string of the molecule is CCOCCOCCO[N+](=O)[O-]. The number of ether oxygens (including phenoxy) is 2. The van der Waals surface area contributed by atoms with Crippen LogP contribution in [0.5, 0.6) is 0 Å². The Hall–Kier alpha value is -0.880. The molecule has 0 aliphatic carbocycles. The van der Waals surface area contributed by atoms with Gasteiger partial charge in [0.05, 0.1) is 19.8 Å². The maximum atomic E-state index is 9.64. The van der Waals surface area contributed by atoms with Crippen LogP contribution in [0.2, 0.25) is 0 Å². The smallest absolute Gasteiger partial charge is 0.294 e. The van der Waals surface area contributed by atoms with Gasteiger partial charge in [0.25, 0.3) is 5.09 Å². The average Bonchev–Trinajstić information content (AvgIpc) is 2.02. The first kappa shape index (κ1) is 11.1. The molecule has 0 aromatic rings. The van der Waals surface area contributed by atoms with E-state index in [1.54, 1.807) is 0 Å². The van der Waals surface area contributed by atoms with Gasteiger partial charge in [0.15, 0.2) is 0 Å². The van der Waals surface area contributed by atoms with Crippen molar-refractivity contribution in [3.63, 3.8) is 0 Å². The van der Waals surface area contributed by atoms with Gasteiger partial charge in [-0.2, -0.15) is 0 Å². The van der Waals surface area contributed by atoms with E-state index < -0.39 is 5.09 Å². The Morgan fingerprint density at radius 1 is 1.17 bits per heavy atom. The van der Waals surface area contributed by atoms with Crippen LogP contribution in [0, 0.1) is 10.1 Å². The third-order valence-electron chi connectivity index (χ3n) is 1.00. The van der Waals surface area contributed by atoms with Crippen LogP contribution in [0.25, 0.3) is 0 Å². The van der Waals surface area contributed by atoms with Crippen LogP contribution in [0.1, 0.15) is 6.92 Å². The van der Waals surface area contributed by atoms with Gasteiger partial charge in [-0.05, 0) is 6.92 Å². The van der Waals surface area contributed by atoms with E-state index in [-0.39, 0.29) is 13.2 Å². The van der Waals surface area contributed by atoms with Crippen molar-refractivity contribution in [1.29, 1.82) is 0 Å². The zero-order chi connectivity index (χ0) is 9.23. The molecule has 72 valence electrons. The van der Waals surface area contributed by atoms with Crippen LogP contribution in [0.4, 0.5) is 0 Å². The fraction of sp³-hybridized carbons (Fsp3) is 1.00. The molecule has 0 amide bonds. The molecule has 0 rings (SSSR count). The topological polar surface area (TPSA) is 70.8 Å². The molecular formula is C6H13NO5. The van der Waals surface area contributed by atoms with Gasteiger partial charge in [0.2, 0.25) is 0 Å². The van der Waals surface area contributed by atoms with Gasteiger partial charge >= 0.3 is 0 Å². The molecule has 0 saturated heterocycles. The minimum absolute atomic E-state index is 0.0286. The van der Waals surface area contributed by atoms with Crippen molar-refractivity contribution >= 4 is 0 Å². The lowest BCUT2D eigenvalue weighted by Crippen LogP contribution is -2.11. The van der Waals surface area contributed by atoms with Crippen molar-refractivity contribution < 1.29 is 19.4 Å². The molecule has 0 N–H and O–H groups in total. The van der Waals surface area contributed by atoms with Gasteiger partial charge < -0.3 is 14.3 Å². The van der Waals surface area contributed by atoms with Crippen molar-refractivity contribution in [1.82, 2.24) is 0 Å². The fourth-order valence-corrected chi connectivity index (χ4v) is 0.535. The van der Waals surface area contributed by atoms with E-state index in [1.165, 1.54) is 0 Å². The second-order valence-electron chi connectivity index (χ2n) is 1.87. The second kappa shape index (κ2) is 8.22. The maximum absolute atomic E-state index is 9.64. The predicted octanol–water partition coefficient (Wildman–Crippen LogP) is 0.248. The zero-order valence-electron chi connectivity index (χ0n) is 7.02. The van der Waals surface area contributed by atoms with Gasteiger partial charge in [0.1, 0.15) is 6.61 Å². The second-order valence-corrected chi connectivity index (χ2v) is 1.87. The van der Waals surface area contributed by atoms with Crippen molar-refractivity contribution in [2.75, 3.05) is 33.0 Å². The number of hydrogen-bond donors (Lipinski definition) is 0. The van der Waals surface area contributed by atoms with Crippen molar-refractivity contribution in [3.05, 3.63) is 10.1 Å². The molecule has 6 nitrogen and oxygen atoms in total. The van der Waals surface area contributed by atoms with Crippen LogP contribution < -0.4 is 0 Å². The van der Waals surface area contributed by atoms with Crippen molar-refractivity contribution in [2.24, 2.45) is 0 Å². The number of nitrogens with zero attached hydrogens (tertiary/aromatic N) is 1. The van der Waals surface area contributed by atoms with Crippen LogP contribution in [0.15, 0.2) is 0 Å². The quantitative estimate of drug-likeness (QED) is 0.303. The minimum Gasteiger partial charge on any atom is -0.379 e. The van der Waals surface area contributed by atoms with Gasteiger partial charge in [-0.1, -0.05) is 0 Å². The van der Waals surface area contributed by atoms with Gasteiger partial charge in [0, 0.05) is 6.61 Å². The molecule has 0 saturated carbocycles. The normalized spacial score (nSPS) is 9.75. The van der Waals surface area contributed by atoms with E-state index in [1.807, 2.05) is 6.92 Å². The average molecular weight is 179 g/mol. The highest BCUT2D eigenvalue weighted by atomic mass is 17.0. The molecule has 0 aromatic carbocycles. The Balaban J connectivity index is 2.86. The van der Waals surface area contributed by atoms with Gasteiger partial charge in [-0.3, -0.25) is 0 Å². The molecular weight excluding hydrogens is 166 g/mol. The lowest BCUT2D eigenvalue weighted by atomic mass is 10.7. The monoisotopic (exact) mass is 179 g/mol. The first-order valence-electron chi connectivity index (χ1n) is 3.70. The van der Waals surface area contributed by atoms with E-state index in [4.69, 9.17) is 9.47 Å². The fourth-order valence-electron chi connectivity index (χ4n) is 0.535. The van der Waals surface area contributed by atoms with E-state index in [2.05, 4.69) is 4.84 Å². The molecule has 0 aromatic heterocycles. The summed E-state index contributed by atoms with van der Waals surface area (Å²) in [5.41, 5.74) is 0. The van der Waals surface area contributed by atoms with Gasteiger partial charge in [-0.15, -0.1) is 10.1 Å². The third kappa shape index (κ3) is 9.12. The van der Waals surface area contributed by atoms with Crippen LogP contribution in [-0.4, -0.2) is 38.1 Å². The van der Waals surface area contributed by atoms with E-state index in [0.29, 0.717) is 19.8 Å². The molecule has 0 spiro atoms. The van der Waals surface area contributed by atoms with Crippen molar-refractivity contribution in [3.8, 4) is 0 Å². The van der Waals surface area contributed by atoms with Crippen LogP contribution in [0.3, 0.4) is 0 Å². The zero-order valence-corrected chi connectivity index (χ0v) is 7.02. The molecule has 0 aliphatic heterocycles. The summed E-state index contributed by atoms with van der Waals surface area (Å²) in [5.74, 6) is 0. The Bertz CT molecular complexity index is 119. The number of hydrogen-bond acceptors (Lipinski definition) is 5. The van der Waals surface area contributed by atoms with Crippen molar-refractivity contribution in [2.45, 2.75) is 6.92 Å². The summed E-state index contributed by atoms with van der Waals surface area (Å²) in [5, 5.41) is 8.80. The summed E-state index contributed by atoms with van der Waals surface area (Å²) in [6.07, 6.45) is 0. The summed E-state index contributed by atoms with van der Waals surface area (Å²) in [6.45, 7) is 3.67. The highest BCUT2D eigenvalue weighted by molar-refractivity contribution is 4.29. The Morgan fingerprint density at radius 3 is 2.33 bits per heavy atom. The van der Waals surface area contributed by atoms with Gasteiger partial charge in [-0.25, -0.2) is 0 Å². The molecule has 0 atom stereocenters. The first-order valence-corrected chi connectivity index (χ1v) is 3.70. The number of rotatable bonds is 8. The van der Waals surface area contributed by atoms with E-state index in [0.717, 1.165) is 0 Å². The summed E-state index contributed by atoms with van der Waals surface area (Å²) >= 11 is 0. The lowest BCUT2D eigenvalue weighted by Gasteiger charge is -2.02. The highest BCUT2D eigenvalue weighted by Gasteiger charge is 1.93. The van der Waals surface area contributed by atoms with E-state index >= 15 is 0 Å². The van der Waals surface area contributed by atoms with E-state index in [9.17, 15) is 10.1 Å².